The average molecular weight is 482 g/mol. The maximum Gasteiger partial charge on any atom is 0.227 e. The van der Waals surface area contributed by atoms with E-state index in [0.29, 0.717) is 6.42 Å². The molecule has 0 aliphatic carbocycles. The van der Waals surface area contributed by atoms with Crippen LogP contribution in [0.3, 0.4) is 0 Å². The SMILES string of the molecule is Cc1ccc(Br)c(NC(=O)C2C[C@H](C)N(Cc3ccccc3)[C@H](c3cn(C)nn3)C2)c1. The van der Waals surface area contributed by atoms with E-state index in [4.69, 9.17) is 0 Å². The number of anilines is 1. The van der Waals surface area contributed by atoms with Gasteiger partial charge in [-0.25, -0.2) is 0 Å². The summed E-state index contributed by atoms with van der Waals surface area (Å²) in [6.45, 7) is 5.05. The molecule has 2 heterocycles. The Hall–Kier alpha value is -2.51. The summed E-state index contributed by atoms with van der Waals surface area (Å²) in [7, 11) is 1.88. The Kier molecular flexibility index (Phi) is 6.53. The number of nitrogens with zero attached hydrogens (tertiary/aromatic N) is 4. The Morgan fingerprint density at radius 2 is 1.97 bits per heavy atom. The quantitative estimate of drug-likeness (QED) is 0.564. The predicted octanol–water partition coefficient (Wildman–Crippen LogP) is 4.87. The van der Waals surface area contributed by atoms with Crippen LogP contribution < -0.4 is 5.32 Å². The van der Waals surface area contributed by atoms with Crippen molar-refractivity contribution in [1.82, 2.24) is 19.9 Å². The topological polar surface area (TPSA) is 63.1 Å². The lowest BCUT2D eigenvalue weighted by Gasteiger charge is -2.43. The number of benzene rings is 2. The van der Waals surface area contributed by atoms with Crippen LogP contribution in [0.15, 0.2) is 59.2 Å². The van der Waals surface area contributed by atoms with Gasteiger partial charge in [0.1, 0.15) is 0 Å². The van der Waals surface area contributed by atoms with Crippen molar-refractivity contribution in [1.29, 1.82) is 0 Å². The minimum Gasteiger partial charge on any atom is -0.325 e. The van der Waals surface area contributed by atoms with Crippen LogP contribution in [0.25, 0.3) is 0 Å². The molecule has 0 spiro atoms. The molecule has 1 N–H and O–H groups in total. The maximum atomic E-state index is 13.2. The van der Waals surface area contributed by atoms with Crippen LogP contribution in [0.5, 0.6) is 0 Å². The van der Waals surface area contributed by atoms with Crippen LogP contribution >= 0.6 is 15.9 Å². The van der Waals surface area contributed by atoms with Gasteiger partial charge in [0.05, 0.1) is 17.4 Å². The number of aromatic nitrogens is 3. The molecule has 0 radical (unpaired) electrons. The number of likely N-dealkylation sites (tertiary alicyclic amines) is 1. The van der Waals surface area contributed by atoms with Crippen molar-refractivity contribution >= 4 is 27.5 Å². The van der Waals surface area contributed by atoms with Crippen LogP contribution in [0.4, 0.5) is 5.69 Å². The number of rotatable bonds is 5. The van der Waals surface area contributed by atoms with Gasteiger partial charge in [-0.3, -0.25) is 14.4 Å². The van der Waals surface area contributed by atoms with E-state index in [0.717, 1.165) is 34.4 Å². The minimum atomic E-state index is -0.0959. The summed E-state index contributed by atoms with van der Waals surface area (Å²) in [5, 5.41) is 11.7. The Morgan fingerprint density at radius 3 is 2.68 bits per heavy atom. The third kappa shape index (κ3) is 5.05. The van der Waals surface area contributed by atoms with E-state index in [1.807, 2.05) is 44.4 Å². The van der Waals surface area contributed by atoms with Crippen LogP contribution in [-0.4, -0.2) is 31.8 Å². The Balaban J connectivity index is 1.57. The number of carbonyl (C=O) groups is 1. The van der Waals surface area contributed by atoms with Crippen LogP contribution in [0.2, 0.25) is 0 Å². The van der Waals surface area contributed by atoms with Gasteiger partial charge in [0.2, 0.25) is 5.91 Å². The molecule has 3 atom stereocenters. The van der Waals surface area contributed by atoms with Gasteiger partial charge < -0.3 is 5.32 Å². The highest BCUT2D eigenvalue weighted by Crippen LogP contribution is 2.38. The van der Waals surface area contributed by atoms with Crippen LogP contribution in [0.1, 0.15) is 42.6 Å². The van der Waals surface area contributed by atoms with Gasteiger partial charge in [0.15, 0.2) is 0 Å². The molecule has 1 fully saturated rings. The zero-order valence-corrected chi connectivity index (χ0v) is 19.7. The lowest BCUT2D eigenvalue weighted by molar-refractivity contribution is -0.123. The van der Waals surface area contributed by atoms with Gasteiger partial charge in [-0.1, -0.05) is 41.6 Å². The van der Waals surface area contributed by atoms with E-state index in [2.05, 4.69) is 67.6 Å². The molecule has 1 aliphatic heterocycles. The smallest absolute Gasteiger partial charge is 0.227 e. The summed E-state index contributed by atoms with van der Waals surface area (Å²) in [4.78, 5) is 15.7. The molecule has 4 rings (SSSR count). The van der Waals surface area contributed by atoms with Gasteiger partial charge in [0, 0.05) is 36.2 Å². The van der Waals surface area contributed by atoms with Crippen molar-refractivity contribution in [2.24, 2.45) is 13.0 Å². The zero-order valence-electron chi connectivity index (χ0n) is 18.1. The van der Waals surface area contributed by atoms with Crippen molar-refractivity contribution in [3.8, 4) is 0 Å². The number of hydrogen-bond donors (Lipinski definition) is 1. The fourth-order valence-corrected chi connectivity index (χ4v) is 4.75. The standard InChI is InChI=1S/C24H28BrN5O/c1-16-9-10-20(25)21(11-16)26-24(31)19-12-17(2)30(14-18-7-5-4-6-8-18)23(13-19)22-15-29(3)28-27-22/h4-11,15,17,19,23H,12-14H2,1-3H3,(H,26,31)/t17-,19?,23-/m0/s1. The third-order valence-electron chi connectivity index (χ3n) is 6.02. The summed E-state index contributed by atoms with van der Waals surface area (Å²) >= 11 is 3.55. The van der Waals surface area contributed by atoms with E-state index in [1.54, 1.807) is 4.68 Å². The highest BCUT2D eigenvalue weighted by atomic mass is 79.9. The molecule has 0 saturated carbocycles. The first-order valence-corrected chi connectivity index (χ1v) is 11.4. The fraction of sp³-hybridized carbons (Fsp3) is 0.375. The molecular formula is C24H28BrN5O. The molecule has 1 saturated heterocycles. The second-order valence-corrected chi connectivity index (χ2v) is 9.34. The van der Waals surface area contributed by atoms with E-state index in [9.17, 15) is 4.79 Å². The number of amides is 1. The summed E-state index contributed by atoms with van der Waals surface area (Å²) in [5.41, 5.74) is 4.11. The summed E-state index contributed by atoms with van der Waals surface area (Å²) < 4.78 is 2.63. The molecule has 31 heavy (non-hydrogen) atoms. The molecule has 1 aromatic heterocycles. The van der Waals surface area contributed by atoms with Crippen molar-refractivity contribution in [2.75, 3.05) is 5.32 Å². The number of aryl methyl sites for hydroxylation is 2. The van der Waals surface area contributed by atoms with E-state index in [1.165, 1.54) is 5.56 Å². The Bertz CT molecular complexity index is 1050. The Labute approximate surface area is 191 Å². The first kappa shape index (κ1) is 21.7. The normalized spacial score (nSPS) is 21.7. The van der Waals surface area contributed by atoms with Crippen LogP contribution in [0, 0.1) is 12.8 Å². The van der Waals surface area contributed by atoms with Crippen molar-refractivity contribution < 1.29 is 4.79 Å². The van der Waals surface area contributed by atoms with Crippen LogP contribution in [-0.2, 0) is 18.4 Å². The molecule has 0 bridgehead atoms. The lowest BCUT2D eigenvalue weighted by Crippen LogP contribution is -2.45. The average Bonchev–Trinajstić information content (AvgIpc) is 3.19. The molecule has 3 aromatic rings. The van der Waals surface area contributed by atoms with Crippen molar-refractivity contribution in [3.63, 3.8) is 0 Å². The summed E-state index contributed by atoms with van der Waals surface area (Å²) in [6, 6.07) is 16.7. The van der Waals surface area contributed by atoms with Gasteiger partial charge in [0.25, 0.3) is 0 Å². The first-order valence-electron chi connectivity index (χ1n) is 10.6. The molecule has 1 unspecified atom stereocenters. The minimum absolute atomic E-state index is 0.0364. The second kappa shape index (κ2) is 9.32. The van der Waals surface area contributed by atoms with Crippen molar-refractivity contribution in [2.45, 2.75) is 45.3 Å². The van der Waals surface area contributed by atoms with E-state index >= 15 is 0 Å². The van der Waals surface area contributed by atoms with Gasteiger partial charge in [-0.2, -0.15) is 0 Å². The number of carbonyl (C=O) groups excluding carboxylic acids is 1. The predicted molar refractivity (Wildman–Crippen MR) is 125 cm³/mol. The number of halogens is 1. The number of hydrogen-bond acceptors (Lipinski definition) is 4. The summed E-state index contributed by atoms with van der Waals surface area (Å²) in [6.07, 6.45) is 3.48. The fourth-order valence-electron chi connectivity index (χ4n) is 4.41. The highest BCUT2D eigenvalue weighted by molar-refractivity contribution is 9.10. The third-order valence-corrected chi connectivity index (χ3v) is 6.71. The van der Waals surface area contributed by atoms with E-state index in [-0.39, 0.29) is 23.9 Å². The molecule has 7 heteroatoms. The lowest BCUT2D eigenvalue weighted by atomic mass is 9.84. The van der Waals surface area contributed by atoms with Gasteiger partial charge in [-0.05, 0) is 65.9 Å². The summed E-state index contributed by atoms with van der Waals surface area (Å²) in [5.74, 6) is -0.0344. The van der Waals surface area contributed by atoms with Crippen molar-refractivity contribution in [3.05, 3.63) is 76.0 Å². The molecule has 1 amide bonds. The molecular weight excluding hydrogens is 454 g/mol. The number of piperidine rings is 1. The second-order valence-electron chi connectivity index (χ2n) is 8.48. The zero-order chi connectivity index (χ0) is 22.0. The largest absolute Gasteiger partial charge is 0.325 e. The monoisotopic (exact) mass is 481 g/mol. The first-order chi connectivity index (χ1) is 14.9. The van der Waals surface area contributed by atoms with Gasteiger partial charge >= 0.3 is 0 Å². The molecule has 2 aromatic carbocycles. The Morgan fingerprint density at radius 1 is 1.19 bits per heavy atom. The highest BCUT2D eigenvalue weighted by Gasteiger charge is 2.38. The molecule has 6 nitrogen and oxygen atoms in total. The molecule has 1 aliphatic rings. The van der Waals surface area contributed by atoms with Gasteiger partial charge in [-0.15, -0.1) is 5.10 Å². The van der Waals surface area contributed by atoms with E-state index < -0.39 is 0 Å². The molecule has 162 valence electrons. The maximum absolute atomic E-state index is 13.2. The number of nitrogens with one attached hydrogen (secondary N) is 1.